The standard InChI is InChI=1S/C21H16ClNO3/c1-12-9-17(23-14-5-3-13(22)4-6-14)20-19(10-12)26-18-11-15(25-2)7-8-16(18)21(20)24/h3-11,23H,1-2H3. The van der Waals surface area contributed by atoms with Gasteiger partial charge in [0, 0.05) is 16.8 Å². The molecule has 5 heteroatoms. The first kappa shape index (κ1) is 16.5. The maximum atomic E-state index is 13.1. The smallest absolute Gasteiger partial charge is 0.202 e. The van der Waals surface area contributed by atoms with Gasteiger partial charge in [-0.1, -0.05) is 11.6 Å². The van der Waals surface area contributed by atoms with Gasteiger partial charge in [-0.15, -0.1) is 0 Å². The number of hydrogen-bond acceptors (Lipinski definition) is 4. The van der Waals surface area contributed by atoms with Crippen LogP contribution in [0.3, 0.4) is 0 Å². The van der Waals surface area contributed by atoms with Gasteiger partial charge in [-0.25, -0.2) is 0 Å². The highest BCUT2D eigenvalue weighted by Crippen LogP contribution is 2.30. The average molecular weight is 366 g/mol. The van der Waals surface area contributed by atoms with Crippen molar-refractivity contribution >= 4 is 44.9 Å². The summed E-state index contributed by atoms with van der Waals surface area (Å²) in [5.74, 6) is 0.646. The predicted molar refractivity (Wildman–Crippen MR) is 106 cm³/mol. The fraction of sp³-hybridized carbons (Fsp3) is 0.0952. The minimum absolute atomic E-state index is 0.0830. The van der Waals surface area contributed by atoms with E-state index in [-0.39, 0.29) is 5.43 Å². The van der Waals surface area contributed by atoms with Gasteiger partial charge in [0.15, 0.2) is 0 Å². The van der Waals surface area contributed by atoms with Crippen LogP contribution >= 0.6 is 11.6 Å². The molecule has 0 aliphatic rings. The van der Waals surface area contributed by atoms with Gasteiger partial charge in [0.2, 0.25) is 5.43 Å². The molecule has 0 bridgehead atoms. The Morgan fingerprint density at radius 2 is 1.77 bits per heavy atom. The molecule has 0 spiro atoms. The largest absolute Gasteiger partial charge is 0.497 e. The predicted octanol–water partition coefficient (Wildman–Crippen LogP) is 5.66. The van der Waals surface area contributed by atoms with Crippen LogP contribution in [0.2, 0.25) is 5.02 Å². The zero-order chi connectivity index (χ0) is 18.3. The number of ether oxygens (including phenoxy) is 1. The van der Waals surface area contributed by atoms with Gasteiger partial charge in [0.1, 0.15) is 16.9 Å². The molecule has 1 aromatic heterocycles. The summed E-state index contributed by atoms with van der Waals surface area (Å²) < 4.78 is 11.2. The molecule has 1 N–H and O–H groups in total. The number of halogens is 1. The lowest BCUT2D eigenvalue weighted by Gasteiger charge is -2.12. The van der Waals surface area contributed by atoms with Crippen molar-refractivity contribution in [2.24, 2.45) is 0 Å². The maximum absolute atomic E-state index is 13.1. The molecule has 0 aliphatic carbocycles. The van der Waals surface area contributed by atoms with E-state index >= 15 is 0 Å². The fourth-order valence-corrected chi connectivity index (χ4v) is 3.14. The van der Waals surface area contributed by atoms with Gasteiger partial charge in [0.05, 0.1) is 23.6 Å². The van der Waals surface area contributed by atoms with Crippen LogP contribution in [0, 0.1) is 6.92 Å². The molecule has 0 atom stereocenters. The molecule has 4 nitrogen and oxygen atoms in total. The summed E-state index contributed by atoms with van der Waals surface area (Å²) in [5, 5.41) is 4.99. The van der Waals surface area contributed by atoms with Crippen molar-refractivity contribution in [1.29, 1.82) is 0 Å². The lowest BCUT2D eigenvalue weighted by Crippen LogP contribution is -2.06. The molecular weight excluding hydrogens is 350 g/mol. The van der Waals surface area contributed by atoms with Crippen LogP contribution < -0.4 is 15.5 Å². The Hall–Kier alpha value is -2.98. The summed E-state index contributed by atoms with van der Waals surface area (Å²) >= 11 is 5.95. The highest BCUT2D eigenvalue weighted by molar-refractivity contribution is 6.30. The van der Waals surface area contributed by atoms with E-state index in [1.165, 1.54) is 0 Å². The SMILES string of the molecule is COc1ccc2c(=O)c3c(Nc4ccc(Cl)cc4)cc(C)cc3oc2c1. The molecule has 130 valence electrons. The van der Waals surface area contributed by atoms with Crippen LogP contribution in [0.1, 0.15) is 5.56 Å². The van der Waals surface area contributed by atoms with Gasteiger partial charge < -0.3 is 14.5 Å². The second-order valence-electron chi connectivity index (χ2n) is 6.11. The third-order valence-electron chi connectivity index (χ3n) is 4.25. The van der Waals surface area contributed by atoms with Crippen LogP contribution in [0.5, 0.6) is 5.75 Å². The van der Waals surface area contributed by atoms with Crippen LogP contribution in [-0.4, -0.2) is 7.11 Å². The molecule has 1 heterocycles. The highest BCUT2D eigenvalue weighted by atomic mass is 35.5. The Morgan fingerprint density at radius 3 is 2.50 bits per heavy atom. The number of aryl methyl sites for hydroxylation is 1. The van der Waals surface area contributed by atoms with E-state index in [0.717, 1.165) is 11.3 Å². The molecule has 0 saturated heterocycles. The summed E-state index contributed by atoms with van der Waals surface area (Å²) in [4.78, 5) is 13.1. The third-order valence-corrected chi connectivity index (χ3v) is 4.50. The third kappa shape index (κ3) is 2.89. The Labute approximate surface area is 155 Å². The first-order valence-corrected chi connectivity index (χ1v) is 8.51. The molecular formula is C21H16ClNO3. The zero-order valence-corrected chi connectivity index (χ0v) is 15.1. The Balaban J connectivity index is 1.96. The second-order valence-corrected chi connectivity index (χ2v) is 6.55. The van der Waals surface area contributed by atoms with Gasteiger partial charge in [-0.3, -0.25) is 4.79 Å². The Bertz CT molecular complexity index is 1180. The number of methoxy groups -OCH3 is 1. The molecule has 0 radical (unpaired) electrons. The molecule has 0 fully saturated rings. The van der Waals surface area contributed by atoms with Crippen LogP contribution in [0.15, 0.2) is 63.8 Å². The molecule has 4 rings (SSSR count). The molecule has 4 aromatic rings. The van der Waals surface area contributed by atoms with E-state index in [1.54, 1.807) is 37.4 Å². The highest BCUT2D eigenvalue weighted by Gasteiger charge is 2.13. The Kier molecular flexibility index (Phi) is 4.05. The van der Waals surface area contributed by atoms with E-state index in [1.807, 2.05) is 31.2 Å². The summed E-state index contributed by atoms with van der Waals surface area (Å²) in [6, 6.07) is 16.3. The molecule has 0 amide bonds. The minimum atomic E-state index is -0.0830. The molecule has 3 aromatic carbocycles. The second kappa shape index (κ2) is 6.39. The molecule has 0 unspecified atom stereocenters. The summed E-state index contributed by atoms with van der Waals surface area (Å²) in [6.07, 6.45) is 0. The van der Waals surface area contributed by atoms with Crippen LogP contribution in [-0.2, 0) is 0 Å². The van der Waals surface area contributed by atoms with Crippen molar-refractivity contribution in [3.05, 3.63) is 75.4 Å². The van der Waals surface area contributed by atoms with E-state index in [9.17, 15) is 4.79 Å². The normalized spacial score (nSPS) is 11.0. The summed E-state index contributed by atoms with van der Waals surface area (Å²) in [7, 11) is 1.58. The van der Waals surface area contributed by atoms with Gasteiger partial charge in [0.25, 0.3) is 0 Å². The number of fused-ring (bicyclic) bond motifs is 2. The first-order chi connectivity index (χ1) is 12.5. The van der Waals surface area contributed by atoms with E-state index in [4.69, 9.17) is 20.8 Å². The first-order valence-electron chi connectivity index (χ1n) is 8.13. The number of anilines is 2. The molecule has 0 saturated carbocycles. The number of nitrogens with one attached hydrogen (secondary N) is 1. The average Bonchev–Trinajstić information content (AvgIpc) is 2.62. The van der Waals surface area contributed by atoms with Gasteiger partial charge in [-0.2, -0.15) is 0 Å². The van der Waals surface area contributed by atoms with Crippen molar-refractivity contribution in [2.75, 3.05) is 12.4 Å². The van der Waals surface area contributed by atoms with Crippen molar-refractivity contribution in [1.82, 2.24) is 0 Å². The number of benzene rings is 3. The molecule has 0 aliphatic heterocycles. The van der Waals surface area contributed by atoms with E-state index in [0.29, 0.717) is 38.4 Å². The van der Waals surface area contributed by atoms with E-state index < -0.39 is 0 Å². The van der Waals surface area contributed by atoms with Crippen LogP contribution in [0.4, 0.5) is 11.4 Å². The van der Waals surface area contributed by atoms with Crippen molar-refractivity contribution in [3.63, 3.8) is 0 Å². The number of rotatable bonds is 3. The van der Waals surface area contributed by atoms with Crippen molar-refractivity contribution in [3.8, 4) is 5.75 Å². The van der Waals surface area contributed by atoms with Gasteiger partial charge >= 0.3 is 0 Å². The summed E-state index contributed by atoms with van der Waals surface area (Å²) in [6.45, 7) is 1.96. The van der Waals surface area contributed by atoms with Gasteiger partial charge in [-0.05, 0) is 61.0 Å². The van der Waals surface area contributed by atoms with Crippen LogP contribution in [0.25, 0.3) is 21.9 Å². The quantitative estimate of drug-likeness (QED) is 0.476. The lowest BCUT2D eigenvalue weighted by atomic mass is 10.1. The summed E-state index contributed by atoms with van der Waals surface area (Å²) in [5.41, 5.74) is 3.49. The number of hydrogen-bond donors (Lipinski definition) is 1. The zero-order valence-electron chi connectivity index (χ0n) is 14.3. The fourth-order valence-electron chi connectivity index (χ4n) is 3.01. The molecule has 26 heavy (non-hydrogen) atoms. The lowest BCUT2D eigenvalue weighted by molar-refractivity contribution is 0.414. The minimum Gasteiger partial charge on any atom is -0.497 e. The Morgan fingerprint density at radius 1 is 1.00 bits per heavy atom. The van der Waals surface area contributed by atoms with Crippen molar-refractivity contribution < 1.29 is 9.15 Å². The van der Waals surface area contributed by atoms with E-state index in [2.05, 4.69) is 5.32 Å². The topological polar surface area (TPSA) is 51.5 Å². The maximum Gasteiger partial charge on any atom is 0.202 e. The van der Waals surface area contributed by atoms with Crippen molar-refractivity contribution in [2.45, 2.75) is 6.92 Å². The monoisotopic (exact) mass is 365 g/mol.